The van der Waals surface area contributed by atoms with Gasteiger partial charge in [0.05, 0.1) is 17.8 Å². The van der Waals surface area contributed by atoms with Crippen LogP contribution in [-0.4, -0.2) is 71.0 Å². The van der Waals surface area contributed by atoms with Crippen molar-refractivity contribution in [3.05, 3.63) is 68.1 Å². The molecule has 0 atom stereocenters. The zero-order chi connectivity index (χ0) is 24.7. The molecule has 4 aromatic heterocycles. The summed E-state index contributed by atoms with van der Waals surface area (Å²) >= 11 is 1.45. The number of aryl methyl sites for hydroxylation is 3. The van der Waals surface area contributed by atoms with Crippen LogP contribution in [0.15, 0.2) is 28.5 Å². The Balaban J connectivity index is 1.23. The van der Waals surface area contributed by atoms with Crippen molar-refractivity contribution in [2.24, 2.45) is 0 Å². The van der Waals surface area contributed by atoms with Crippen molar-refractivity contribution in [2.75, 3.05) is 26.2 Å². The van der Waals surface area contributed by atoms with Crippen LogP contribution < -0.4 is 5.56 Å². The van der Waals surface area contributed by atoms with Gasteiger partial charge < -0.3 is 4.90 Å². The predicted molar refractivity (Wildman–Crippen MR) is 133 cm³/mol. The van der Waals surface area contributed by atoms with E-state index in [4.69, 9.17) is 0 Å². The Labute approximate surface area is 206 Å². The minimum Gasteiger partial charge on any atom is -0.340 e. The van der Waals surface area contributed by atoms with E-state index in [0.29, 0.717) is 37.0 Å². The van der Waals surface area contributed by atoms with Gasteiger partial charge in [0.2, 0.25) is 5.91 Å². The Hall–Kier alpha value is -3.44. The number of hydrogen-bond acceptors (Lipinski definition) is 8. The van der Waals surface area contributed by atoms with Crippen LogP contribution >= 0.6 is 11.3 Å². The van der Waals surface area contributed by atoms with Gasteiger partial charge in [0.25, 0.3) is 11.5 Å². The number of amides is 1. The summed E-state index contributed by atoms with van der Waals surface area (Å²) in [5, 5.41) is 6.48. The number of piperazine rings is 1. The van der Waals surface area contributed by atoms with E-state index in [1.807, 2.05) is 44.0 Å². The highest BCUT2D eigenvalue weighted by Gasteiger charge is 2.24. The molecule has 0 bridgehead atoms. The van der Waals surface area contributed by atoms with Crippen molar-refractivity contribution < 1.29 is 4.79 Å². The van der Waals surface area contributed by atoms with Crippen LogP contribution in [0.2, 0.25) is 0 Å². The van der Waals surface area contributed by atoms with Crippen molar-refractivity contribution >= 4 is 22.2 Å². The second kappa shape index (κ2) is 9.31. The van der Waals surface area contributed by atoms with E-state index in [9.17, 15) is 9.59 Å². The van der Waals surface area contributed by atoms with E-state index in [-0.39, 0.29) is 11.5 Å². The summed E-state index contributed by atoms with van der Waals surface area (Å²) < 4.78 is 3.29. The van der Waals surface area contributed by atoms with Gasteiger partial charge in [-0.2, -0.15) is 5.10 Å². The molecule has 0 aliphatic carbocycles. The molecular formula is C24H28N8O2S. The van der Waals surface area contributed by atoms with E-state index in [0.717, 1.165) is 47.1 Å². The molecule has 5 heterocycles. The molecular weight excluding hydrogens is 464 g/mol. The molecule has 0 saturated carbocycles. The maximum absolute atomic E-state index is 13.1. The fourth-order valence-electron chi connectivity index (χ4n) is 4.54. The summed E-state index contributed by atoms with van der Waals surface area (Å²) in [6, 6.07) is 3.52. The monoisotopic (exact) mass is 492 g/mol. The summed E-state index contributed by atoms with van der Waals surface area (Å²) in [7, 11) is 0. The Morgan fingerprint density at radius 2 is 1.71 bits per heavy atom. The molecule has 11 heteroatoms. The Bertz CT molecular complexity index is 1440. The lowest BCUT2D eigenvalue weighted by atomic mass is 10.1. The maximum Gasteiger partial charge on any atom is 0.258 e. The lowest BCUT2D eigenvalue weighted by molar-refractivity contribution is -0.132. The molecule has 1 amide bonds. The van der Waals surface area contributed by atoms with Gasteiger partial charge in [-0.15, -0.1) is 11.3 Å². The van der Waals surface area contributed by atoms with Crippen molar-refractivity contribution in [3.8, 4) is 5.95 Å². The minimum absolute atomic E-state index is 0.0578. The molecule has 10 nitrogen and oxygen atoms in total. The Morgan fingerprint density at radius 3 is 2.43 bits per heavy atom. The van der Waals surface area contributed by atoms with Crippen molar-refractivity contribution in [3.63, 3.8) is 0 Å². The largest absolute Gasteiger partial charge is 0.340 e. The van der Waals surface area contributed by atoms with Crippen molar-refractivity contribution in [1.82, 2.24) is 38.9 Å². The highest BCUT2D eigenvalue weighted by Crippen LogP contribution is 2.19. The Kier molecular flexibility index (Phi) is 6.20. The number of nitrogens with zero attached hydrogens (tertiary/aromatic N) is 8. The molecule has 4 aromatic rings. The number of carbonyl (C=O) groups excluding carboxylic acids is 1. The third kappa shape index (κ3) is 4.73. The summed E-state index contributed by atoms with van der Waals surface area (Å²) in [6.45, 7) is 11.1. The first-order valence-electron chi connectivity index (χ1n) is 11.6. The van der Waals surface area contributed by atoms with Crippen LogP contribution in [0.1, 0.15) is 34.0 Å². The second-order valence-electron chi connectivity index (χ2n) is 8.99. The SMILES string of the molecule is Cc1cc(C)nc(-n2nc(C)c(CC(=O)N3CCN(Cc4cc(=O)n5ccsc5n4)CC3)c2C)n1. The number of hydrogen-bond donors (Lipinski definition) is 0. The average molecular weight is 493 g/mol. The van der Waals surface area contributed by atoms with Crippen LogP contribution in [-0.2, 0) is 17.8 Å². The average Bonchev–Trinajstić information content (AvgIpc) is 3.39. The fourth-order valence-corrected chi connectivity index (χ4v) is 5.28. The van der Waals surface area contributed by atoms with Gasteiger partial charge in [-0.25, -0.2) is 19.6 Å². The topological polar surface area (TPSA) is 102 Å². The standard InChI is InChI=1S/C24H28N8O2S/c1-15-11-16(2)26-23(25-15)32-18(4)20(17(3)28-32)13-21(33)30-7-5-29(6-8-30)14-19-12-22(34)31-9-10-35-24(31)27-19/h9-12H,5-8,13-14H2,1-4H3. The van der Waals surface area contributed by atoms with Gasteiger partial charge in [-0.05, 0) is 33.8 Å². The van der Waals surface area contributed by atoms with E-state index >= 15 is 0 Å². The van der Waals surface area contributed by atoms with Gasteiger partial charge in [-0.1, -0.05) is 0 Å². The minimum atomic E-state index is -0.0578. The van der Waals surface area contributed by atoms with Crippen LogP contribution in [0.5, 0.6) is 0 Å². The van der Waals surface area contributed by atoms with Crippen LogP contribution in [0.4, 0.5) is 0 Å². The van der Waals surface area contributed by atoms with E-state index in [1.165, 1.54) is 11.3 Å². The smallest absolute Gasteiger partial charge is 0.258 e. The number of fused-ring (bicyclic) bond motifs is 1. The second-order valence-corrected chi connectivity index (χ2v) is 9.86. The molecule has 0 aromatic carbocycles. The predicted octanol–water partition coefficient (Wildman–Crippen LogP) is 1.85. The molecule has 1 saturated heterocycles. The van der Waals surface area contributed by atoms with Crippen molar-refractivity contribution in [1.29, 1.82) is 0 Å². The summed E-state index contributed by atoms with van der Waals surface area (Å²) in [4.78, 5) is 43.9. The summed E-state index contributed by atoms with van der Waals surface area (Å²) in [6.07, 6.45) is 2.04. The number of carbonyl (C=O) groups is 1. The molecule has 182 valence electrons. The summed E-state index contributed by atoms with van der Waals surface area (Å²) in [5.74, 6) is 0.623. The number of rotatable bonds is 5. The third-order valence-electron chi connectivity index (χ3n) is 6.40. The molecule has 1 aliphatic heterocycles. The highest BCUT2D eigenvalue weighted by atomic mass is 32.1. The van der Waals surface area contributed by atoms with Crippen LogP contribution in [0.3, 0.4) is 0 Å². The molecule has 1 aliphatic rings. The zero-order valence-electron chi connectivity index (χ0n) is 20.4. The maximum atomic E-state index is 13.1. The number of aromatic nitrogens is 6. The molecule has 0 unspecified atom stereocenters. The van der Waals surface area contributed by atoms with Gasteiger partial charge in [0.1, 0.15) is 0 Å². The number of thiazole rings is 1. The van der Waals surface area contributed by atoms with Gasteiger partial charge >= 0.3 is 0 Å². The first kappa shape index (κ1) is 23.3. The van der Waals surface area contributed by atoms with Gasteiger partial charge in [0.15, 0.2) is 4.96 Å². The fraction of sp³-hybridized carbons (Fsp3) is 0.417. The van der Waals surface area contributed by atoms with Gasteiger partial charge in [0, 0.05) is 73.0 Å². The van der Waals surface area contributed by atoms with E-state index in [2.05, 4.69) is 25.0 Å². The first-order valence-corrected chi connectivity index (χ1v) is 12.5. The first-order chi connectivity index (χ1) is 16.8. The molecule has 0 spiro atoms. The zero-order valence-corrected chi connectivity index (χ0v) is 21.2. The highest BCUT2D eigenvalue weighted by molar-refractivity contribution is 7.15. The van der Waals surface area contributed by atoms with Crippen LogP contribution in [0.25, 0.3) is 10.9 Å². The summed E-state index contributed by atoms with van der Waals surface area (Å²) in [5.41, 5.74) is 5.10. The van der Waals surface area contributed by atoms with Crippen molar-refractivity contribution in [2.45, 2.75) is 40.7 Å². The normalized spacial score (nSPS) is 14.7. The lowest BCUT2D eigenvalue weighted by Gasteiger charge is -2.34. The Morgan fingerprint density at radius 1 is 1.00 bits per heavy atom. The van der Waals surface area contributed by atoms with Gasteiger partial charge in [-0.3, -0.25) is 18.9 Å². The molecule has 1 fully saturated rings. The lowest BCUT2D eigenvalue weighted by Crippen LogP contribution is -2.48. The van der Waals surface area contributed by atoms with Crippen LogP contribution in [0, 0.1) is 27.7 Å². The molecule has 5 rings (SSSR count). The third-order valence-corrected chi connectivity index (χ3v) is 7.15. The molecule has 35 heavy (non-hydrogen) atoms. The van der Waals surface area contributed by atoms with E-state index in [1.54, 1.807) is 21.3 Å². The van der Waals surface area contributed by atoms with E-state index < -0.39 is 0 Å². The molecule has 0 N–H and O–H groups in total. The quantitative estimate of drug-likeness (QED) is 0.419. The molecule has 0 radical (unpaired) electrons.